The summed E-state index contributed by atoms with van der Waals surface area (Å²) in [5.41, 5.74) is 2.69. The molecule has 1 aromatic carbocycles. The Morgan fingerprint density at radius 2 is 2.03 bits per heavy atom. The predicted molar refractivity (Wildman–Crippen MR) is 124 cm³/mol. The van der Waals surface area contributed by atoms with Gasteiger partial charge in [-0.2, -0.15) is 0 Å². The van der Waals surface area contributed by atoms with E-state index < -0.39 is 0 Å². The molecule has 2 heterocycles. The molecule has 3 rings (SSSR count). The number of aliphatic imine (C=N–C) groups is 1. The van der Waals surface area contributed by atoms with Gasteiger partial charge < -0.3 is 15.5 Å². The summed E-state index contributed by atoms with van der Waals surface area (Å²) in [6, 6.07) is 8.82. The van der Waals surface area contributed by atoms with Gasteiger partial charge in [0.25, 0.3) is 0 Å². The van der Waals surface area contributed by atoms with Crippen LogP contribution in [0.25, 0.3) is 0 Å². The van der Waals surface area contributed by atoms with Crippen LogP contribution in [0.15, 0.2) is 35.5 Å². The van der Waals surface area contributed by atoms with Crippen molar-refractivity contribution in [3.63, 3.8) is 0 Å². The summed E-state index contributed by atoms with van der Waals surface area (Å²) in [4.78, 5) is 15.1. The molecule has 158 valence electrons. The van der Waals surface area contributed by atoms with E-state index in [1.54, 1.807) is 11.3 Å². The highest BCUT2D eigenvalue weighted by Crippen LogP contribution is 2.17. The molecule has 29 heavy (non-hydrogen) atoms. The van der Waals surface area contributed by atoms with Crippen molar-refractivity contribution in [2.75, 3.05) is 51.2 Å². The molecular weight excluding hydrogens is 380 g/mol. The zero-order valence-electron chi connectivity index (χ0n) is 17.9. The number of benzene rings is 1. The second kappa shape index (κ2) is 11.2. The molecule has 0 amide bonds. The van der Waals surface area contributed by atoms with Crippen molar-refractivity contribution in [2.24, 2.45) is 4.99 Å². The third-order valence-electron chi connectivity index (χ3n) is 5.26. The lowest BCUT2D eigenvalue weighted by Crippen LogP contribution is -2.47. The van der Waals surface area contributed by atoms with E-state index in [-0.39, 0.29) is 0 Å². The second-order valence-electron chi connectivity index (χ2n) is 7.45. The second-order valence-corrected chi connectivity index (χ2v) is 8.65. The highest BCUT2D eigenvalue weighted by atomic mass is 32.1. The minimum absolute atomic E-state index is 0.727. The highest BCUT2D eigenvalue weighted by molar-refractivity contribution is 7.11. The first-order valence-corrected chi connectivity index (χ1v) is 11.4. The van der Waals surface area contributed by atoms with E-state index in [1.807, 2.05) is 13.2 Å². The third-order valence-corrected chi connectivity index (χ3v) is 6.40. The molecule has 0 aliphatic carbocycles. The smallest absolute Gasteiger partial charge is 0.191 e. The van der Waals surface area contributed by atoms with E-state index in [9.17, 15) is 0 Å². The summed E-state index contributed by atoms with van der Waals surface area (Å²) in [5.74, 6) is 0.850. The van der Waals surface area contributed by atoms with E-state index in [2.05, 4.69) is 68.5 Å². The fraction of sp³-hybridized carbons (Fsp3) is 0.545. The van der Waals surface area contributed by atoms with Crippen LogP contribution in [0.5, 0.6) is 0 Å². The van der Waals surface area contributed by atoms with Gasteiger partial charge in [0.05, 0.1) is 6.54 Å². The van der Waals surface area contributed by atoms with Gasteiger partial charge in [-0.25, -0.2) is 4.98 Å². The molecule has 1 aliphatic heterocycles. The number of hydrogen-bond acceptors (Lipinski definition) is 5. The minimum atomic E-state index is 0.727. The van der Waals surface area contributed by atoms with Gasteiger partial charge in [-0.05, 0) is 44.0 Å². The summed E-state index contributed by atoms with van der Waals surface area (Å²) in [6.45, 7) is 11.6. The van der Waals surface area contributed by atoms with E-state index >= 15 is 0 Å². The molecular formula is C22H34N6S. The molecule has 0 radical (unpaired) electrons. The number of rotatable bonds is 8. The van der Waals surface area contributed by atoms with Crippen molar-refractivity contribution < 1.29 is 0 Å². The van der Waals surface area contributed by atoms with E-state index in [0.29, 0.717) is 0 Å². The molecule has 7 heteroatoms. The van der Waals surface area contributed by atoms with Crippen LogP contribution in [0, 0.1) is 6.92 Å². The molecule has 0 saturated carbocycles. The Kier molecular flexibility index (Phi) is 8.31. The zero-order valence-corrected chi connectivity index (χ0v) is 18.8. The summed E-state index contributed by atoms with van der Waals surface area (Å²) in [6.07, 6.45) is 4.13. The van der Waals surface area contributed by atoms with Gasteiger partial charge in [-0.15, -0.1) is 11.3 Å². The largest absolute Gasteiger partial charge is 0.369 e. The Morgan fingerprint density at radius 1 is 1.21 bits per heavy atom. The van der Waals surface area contributed by atoms with Crippen molar-refractivity contribution in [1.82, 2.24) is 20.5 Å². The Balaban J connectivity index is 1.31. The van der Waals surface area contributed by atoms with Gasteiger partial charge >= 0.3 is 0 Å². The minimum Gasteiger partial charge on any atom is -0.369 e. The number of piperazine rings is 1. The summed E-state index contributed by atoms with van der Waals surface area (Å²) < 4.78 is 0. The Hall–Kier alpha value is -2.12. The van der Waals surface area contributed by atoms with E-state index in [0.717, 1.165) is 69.6 Å². The fourth-order valence-electron chi connectivity index (χ4n) is 3.54. The molecule has 6 nitrogen and oxygen atoms in total. The molecule has 2 aromatic rings. The summed E-state index contributed by atoms with van der Waals surface area (Å²) in [5, 5.41) is 7.88. The van der Waals surface area contributed by atoms with E-state index in [1.165, 1.54) is 16.1 Å². The monoisotopic (exact) mass is 414 g/mol. The van der Waals surface area contributed by atoms with Crippen molar-refractivity contribution >= 4 is 23.0 Å². The third kappa shape index (κ3) is 6.72. The standard InChI is InChI=1S/C22H34N6S/c1-4-20-16-25-21(29-20)17-26-22(23-3)24-9-6-10-27-11-13-28(14-12-27)19-8-5-7-18(2)15-19/h5,7-8,15-16H,4,6,9-14,17H2,1-3H3,(H2,23,24,26). The number of aryl methyl sites for hydroxylation is 2. The number of aromatic nitrogens is 1. The lowest BCUT2D eigenvalue weighted by molar-refractivity contribution is 0.255. The number of anilines is 1. The average Bonchev–Trinajstić information content (AvgIpc) is 3.22. The van der Waals surface area contributed by atoms with Crippen molar-refractivity contribution in [3.8, 4) is 0 Å². The van der Waals surface area contributed by atoms with Crippen LogP contribution in [0.3, 0.4) is 0 Å². The number of hydrogen-bond donors (Lipinski definition) is 2. The van der Waals surface area contributed by atoms with Gasteiger partial charge in [0.2, 0.25) is 0 Å². The van der Waals surface area contributed by atoms with Crippen LogP contribution >= 0.6 is 11.3 Å². The van der Waals surface area contributed by atoms with Crippen LogP contribution in [0.1, 0.15) is 28.8 Å². The maximum atomic E-state index is 4.45. The SMILES string of the molecule is CCc1cnc(CNC(=NC)NCCCN2CCN(c3cccc(C)c3)CC2)s1. The van der Waals surface area contributed by atoms with Crippen LogP contribution < -0.4 is 15.5 Å². The van der Waals surface area contributed by atoms with Crippen molar-refractivity contribution in [2.45, 2.75) is 33.2 Å². The Bertz CT molecular complexity index is 779. The lowest BCUT2D eigenvalue weighted by atomic mass is 10.2. The molecule has 0 unspecified atom stereocenters. The normalized spacial score (nSPS) is 15.6. The van der Waals surface area contributed by atoms with Crippen LogP contribution in [-0.4, -0.2) is 62.2 Å². The molecule has 1 aromatic heterocycles. The van der Waals surface area contributed by atoms with Crippen LogP contribution in [0.2, 0.25) is 0 Å². The summed E-state index contributed by atoms with van der Waals surface area (Å²) >= 11 is 1.76. The maximum absolute atomic E-state index is 4.45. The highest BCUT2D eigenvalue weighted by Gasteiger charge is 2.16. The predicted octanol–water partition coefficient (Wildman–Crippen LogP) is 2.89. The molecule has 2 N–H and O–H groups in total. The van der Waals surface area contributed by atoms with Gasteiger partial charge in [-0.1, -0.05) is 19.1 Å². The number of nitrogens with one attached hydrogen (secondary N) is 2. The molecule has 1 aliphatic rings. The first kappa shape index (κ1) is 21.6. The average molecular weight is 415 g/mol. The number of thiazole rings is 1. The van der Waals surface area contributed by atoms with Gasteiger partial charge in [0.15, 0.2) is 5.96 Å². The zero-order chi connectivity index (χ0) is 20.5. The lowest BCUT2D eigenvalue weighted by Gasteiger charge is -2.36. The molecule has 0 spiro atoms. The van der Waals surface area contributed by atoms with Gasteiger partial charge in [0.1, 0.15) is 5.01 Å². The summed E-state index contributed by atoms with van der Waals surface area (Å²) in [7, 11) is 1.82. The fourth-order valence-corrected chi connectivity index (χ4v) is 4.34. The molecule has 1 saturated heterocycles. The van der Waals surface area contributed by atoms with Crippen molar-refractivity contribution in [3.05, 3.63) is 45.9 Å². The topological polar surface area (TPSA) is 55.8 Å². The van der Waals surface area contributed by atoms with E-state index in [4.69, 9.17) is 0 Å². The number of guanidine groups is 1. The van der Waals surface area contributed by atoms with Gasteiger partial charge in [-0.3, -0.25) is 9.89 Å². The maximum Gasteiger partial charge on any atom is 0.191 e. The first-order chi connectivity index (χ1) is 14.2. The molecule has 0 bridgehead atoms. The molecule has 0 atom stereocenters. The Morgan fingerprint density at radius 3 is 2.72 bits per heavy atom. The first-order valence-electron chi connectivity index (χ1n) is 10.6. The van der Waals surface area contributed by atoms with Gasteiger partial charge in [0, 0.05) is 56.5 Å². The number of nitrogens with zero attached hydrogens (tertiary/aromatic N) is 4. The Labute approximate surface area is 179 Å². The molecule has 1 fully saturated rings. The van der Waals surface area contributed by atoms with Crippen molar-refractivity contribution in [1.29, 1.82) is 0 Å². The van der Waals surface area contributed by atoms with Crippen LogP contribution in [0.4, 0.5) is 5.69 Å². The quantitative estimate of drug-likeness (QED) is 0.395. The van der Waals surface area contributed by atoms with Crippen LogP contribution in [-0.2, 0) is 13.0 Å².